The number of hydrogen-bond donors (Lipinski definition) is 1. The van der Waals surface area contributed by atoms with Gasteiger partial charge in [0.05, 0.1) is 22.0 Å². The topological polar surface area (TPSA) is 50.5 Å². The Morgan fingerprint density at radius 1 is 1.45 bits per heavy atom. The van der Waals surface area contributed by atoms with Gasteiger partial charge in [-0.05, 0) is 20.9 Å². The highest BCUT2D eigenvalue weighted by Gasteiger charge is 2.31. The van der Waals surface area contributed by atoms with Crippen LogP contribution in [-0.2, 0) is 17.8 Å². The summed E-state index contributed by atoms with van der Waals surface area (Å²) in [6, 6.07) is 0. The van der Waals surface area contributed by atoms with Crippen LogP contribution < -0.4 is 0 Å². The Labute approximate surface area is 125 Å². The maximum atomic E-state index is 10.5. The first kappa shape index (κ1) is 15.8. The van der Waals surface area contributed by atoms with Crippen molar-refractivity contribution in [1.82, 2.24) is 14.7 Å². The van der Waals surface area contributed by atoms with Crippen molar-refractivity contribution in [2.75, 3.05) is 26.8 Å². The summed E-state index contributed by atoms with van der Waals surface area (Å²) in [4.78, 5) is 2.11. The highest BCUT2D eigenvalue weighted by Crippen LogP contribution is 2.25. The molecule has 1 aromatic heterocycles. The van der Waals surface area contributed by atoms with Gasteiger partial charge in [0.15, 0.2) is 0 Å². The highest BCUT2D eigenvalue weighted by atomic mass is 35.5. The summed E-state index contributed by atoms with van der Waals surface area (Å²) in [5.74, 6) is 0. The summed E-state index contributed by atoms with van der Waals surface area (Å²) < 4.78 is 7.24. The molecule has 2 heterocycles. The molecule has 2 rings (SSSR count). The van der Waals surface area contributed by atoms with Crippen LogP contribution >= 0.6 is 11.6 Å². The average molecular weight is 302 g/mol. The maximum Gasteiger partial charge on any atom is 0.0860 e. The van der Waals surface area contributed by atoms with E-state index in [1.54, 1.807) is 0 Å². The molecule has 0 spiro atoms. The molecule has 6 heteroatoms. The van der Waals surface area contributed by atoms with Crippen molar-refractivity contribution in [3.8, 4) is 0 Å². The number of likely N-dealkylation sites (N-methyl/N-ethyl adjacent to an activating group) is 1. The minimum atomic E-state index is -0.647. The van der Waals surface area contributed by atoms with Crippen molar-refractivity contribution in [3.63, 3.8) is 0 Å². The zero-order valence-corrected chi connectivity index (χ0v) is 13.3. The van der Waals surface area contributed by atoms with E-state index in [1.165, 1.54) is 0 Å². The van der Waals surface area contributed by atoms with Gasteiger partial charge in [-0.25, -0.2) is 0 Å². The van der Waals surface area contributed by atoms with E-state index in [1.807, 2.05) is 18.7 Å². The number of nitrogens with zero attached hydrogens (tertiary/aromatic N) is 3. The summed E-state index contributed by atoms with van der Waals surface area (Å²) in [5, 5.41) is 15.7. The van der Waals surface area contributed by atoms with Crippen LogP contribution in [0, 0.1) is 6.92 Å². The lowest BCUT2D eigenvalue weighted by Crippen LogP contribution is -2.45. The lowest BCUT2D eigenvalue weighted by atomic mass is 9.94. The number of rotatable bonds is 5. The molecule has 0 amide bonds. The minimum absolute atomic E-state index is 0.626. The molecule has 0 aromatic carbocycles. The van der Waals surface area contributed by atoms with Crippen LogP contribution in [0.4, 0.5) is 0 Å². The molecule has 1 aromatic rings. The number of aryl methyl sites for hydroxylation is 2. The van der Waals surface area contributed by atoms with Gasteiger partial charge in [-0.1, -0.05) is 11.6 Å². The van der Waals surface area contributed by atoms with Crippen LogP contribution in [-0.4, -0.2) is 52.2 Å². The van der Waals surface area contributed by atoms with Crippen molar-refractivity contribution in [2.24, 2.45) is 0 Å². The second-order valence-electron chi connectivity index (χ2n) is 5.67. The fraction of sp³-hybridized carbons (Fsp3) is 0.786. The van der Waals surface area contributed by atoms with E-state index < -0.39 is 5.60 Å². The summed E-state index contributed by atoms with van der Waals surface area (Å²) in [5.41, 5.74) is 1.23. The van der Waals surface area contributed by atoms with Crippen LogP contribution in [0.15, 0.2) is 0 Å². The average Bonchev–Trinajstić information content (AvgIpc) is 2.66. The molecule has 0 aliphatic carbocycles. The molecule has 1 saturated heterocycles. The Morgan fingerprint density at radius 2 is 2.10 bits per heavy atom. The number of hydrogen-bond acceptors (Lipinski definition) is 4. The van der Waals surface area contributed by atoms with Gasteiger partial charge in [0.25, 0.3) is 0 Å². The van der Waals surface area contributed by atoms with E-state index in [9.17, 15) is 5.11 Å². The van der Waals surface area contributed by atoms with Gasteiger partial charge in [0, 0.05) is 45.7 Å². The van der Waals surface area contributed by atoms with Crippen molar-refractivity contribution in [1.29, 1.82) is 0 Å². The Kier molecular flexibility index (Phi) is 5.07. The third-order valence-electron chi connectivity index (χ3n) is 3.86. The molecule has 1 aliphatic rings. The van der Waals surface area contributed by atoms with Crippen LogP contribution in [0.1, 0.15) is 31.2 Å². The lowest BCUT2D eigenvalue weighted by Gasteiger charge is -2.35. The summed E-state index contributed by atoms with van der Waals surface area (Å²) >= 11 is 6.32. The van der Waals surface area contributed by atoms with E-state index >= 15 is 0 Å². The van der Waals surface area contributed by atoms with Gasteiger partial charge in [-0.2, -0.15) is 5.10 Å². The zero-order valence-electron chi connectivity index (χ0n) is 12.5. The smallest absolute Gasteiger partial charge is 0.0860 e. The van der Waals surface area contributed by atoms with Gasteiger partial charge in [-0.15, -0.1) is 0 Å². The summed E-state index contributed by atoms with van der Waals surface area (Å²) in [7, 11) is 2.01. The van der Waals surface area contributed by atoms with Gasteiger partial charge < -0.3 is 9.84 Å². The Balaban J connectivity index is 2.02. The first-order chi connectivity index (χ1) is 9.45. The maximum absolute atomic E-state index is 10.5. The van der Waals surface area contributed by atoms with Gasteiger partial charge >= 0.3 is 0 Å². The molecule has 0 radical (unpaired) electrons. The van der Waals surface area contributed by atoms with Crippen molar-refractivity contribution < 1.29 is 9.84 Å². The fourth-order valence-corrected chi connectivity index (χ4v) is 2.94. The number of aromatic nitrogens is 2. The van der Waals surface area contributed by atoms with E-state index in [-0.39, 0.29) is 0 Å². The number of ether oxygens (including phenoxy) is 1. The van der Waals surface area contributed by atoms with Crippen molar-refractivity contribution in [2.45, 2.75) is 45.4 Å². The number of aliphatic hydroxyl groups is 1. The van der Waals surface area contributed by atoms with E-state index in [0.29, 0.717) is 39.1 Å². The second kappa shape index (κ2) is 6.43. The second-order valence-corrected chi connectivity index (χ2v) is 6.05. The molecular formula is C14H24ClN3O2. The number of halogens is 1. The van der Waals surface area contributed by atoms with Gasteiger partial charge in [0.2, 0.25) is 0 Å². The molecule has 1 fully saturated rings. The quantitative estimate of drug-likeness (QED) is 0.901. The van der Waals surface area contributed by atoms with E-state index in [0.717, 1.165) is 23.0 Å². The van der Waals surface area contributed by atoms with Crippen molar-refractivity contribution >= 4 is 11.6 Å². The molecule has 1 N–H and O–H groups in total. The normalized spacial score (nSPS) is 18.7. The molecule has 0 saturated carbocycles. The molecule has 1 aliphatic heterocycles. The third-order valence-corrected chi connectivity index (χ3v) is 4.35. The largest absolute Gasteiger partial charge is 0.388 e. The Morgan fingerprint density at radius 3 is 2.70 bits per heavy atom. The molecular weight excluding hydrogens is 278 g/mol. The van der Waals surface area contributed by atoms with Crippen LogP contribution in [0.3, 0.4) is 0 Å². The standard InChI is InChI=1S/C14H24ClN3O2/c1-4-18-12(13(15)11(2)16-18)9-17(3)10-14(19)5-7-20-8-6-14/h19H,4-10H2,1-3H3. The molecule has 0 atom stereocenters. The Hall–Kier alpha value is -0.620. The Bertz CT molecular complexity index is 456. The highest BCUT2D eigenvalue weighted by molar-refractivity contribution is 6.31. The third kappa shape index (κ3) is 3.52. The lowest BCUT2D eigenvalue weighted by molar-refractivity contribution is -0.0779. The zero-order chi connectivity index (χ0) is 14.8. The first-order valence-electron chi connectivity index (χ1n) is 7.15. The molecule has 114 valence electrons. The van der Waals surface area contributed by atoms with Crippen LogP contribution in [0.25, 0.3) is 0 Å². The fourth-order valence-electron chi connectivity index (χ4n) is 2.74. The summed E-state index contributed by atoms with van der Waals surface area (Å²) in [6.07, 6.45) is 1.38. The van der Waals surface area contributed by atoms with Crippen molar-refractivity contribution in [3.05, 3.63) is 16.4 Å². The monoisotopic (exact) mass is 301 g/mol. The van der Waals surface area contributed by atoms with Gasteiger partial charge in [-0.3, -0.25) is 9.58 Å². The first-order valence-corrected chi connectivity index (χ1v) is 7.53. The molecule has 0 bridgehead atoms. The van der Waals surface area contributed by atoms with Crippen LogP contribution in [0.2, 0.25) is 5.02 Å². The van der Waals surface area contributed by atoms with Crippen LogP contribution in [0.5, 0.6) is 0 Å². The molecule has 0 unspecified atom stereocenters. The summed E-state index contributed by atoms with van der Waals surface area (Å²) in [6.45, 7) is 7.36. The SMILES string of the molecule is CCn1nc(C)c(Cl)c1CN(C)CC1(O)CCOCC1. The predicted octanol–water partition coefficient (Wildman–Crippen LogP) is 1.84. The van der Waals surface area contributed by atoms with Gasteiger partial charge in [0.1, 0.15) is 0 Å². The predicted molar refractivity (Wildman–Crippen MR) is 79.0 cm³/mol. The minimum Gasteiger partial charge on any atom is -0.388 e. The molecule has 5 nitrogen and oxygen atoms in total. The molecule has 20 heavy (non-hydrogen) atoms. The van der Waals surface area contributed by atoms with E-state index in [4.69, 9.17) is 16.3 Å². The van der Waals surface area contributed by atoms with E-state index in [2.05, 4.69) is 16.9 Å².